The van der Waals surface area contributed by atoms with E-state index in [4.69, 9.17) is 0 Å². The van der Waals surface area contributed by atoms with E-state index in [1.165, 1.54) is 36.0 Å². The summed E-state index contributed by atoms with van der Waals surface area (Å²) in [6, 6.07) is 17.7. The van der Waals surface area contributed by atoms with Gasteiger partial charge < -0.3 is 15.2 Å². The third-order valence-corrected chi connectivity index (χ3v) is 6.41. The number of rotatable bonds is 9. The zero-order valence-electron chi connectivity index (χ0n) is 19.1. The number of hydrogen-bond donors (Lipinski definition) is 2. The lowest BCUT2D eigenvalue weighted by Crippen LogP contribution is -2.36. The fraction of sp³-hybridized carbons (Fsp3) is 0.240. The minimum absolute atomic E-state index is 0.246. The fourth-order valence-electron chi connectivity index (χ4n) is 3.57. The molecule has 0 aliphatic carbocycles. The van der Waals surface area contributed by atoms with E-state index in [2.05, 4.69) is 20.0 Å². The standard InChI is InChI=1S/C25H23F3N4O3S/c1-16(23(34)30-21(15-33)18-6-3-2-4-7-18)36-24-31-20-8-5-13-29-22(20)32(24)14-17-9-11-19(12-10-17)35-25(26,27)28/h2-13,16,21,33H,14-15H2,1H3,(H,30,34). The molecule has 188 valence electrons. The normalized spacial score (nSPS) is 13.4. The smallest absolute Gasteiger partial charge is 0.406 e. The number of hydrogen-bond acceptors (Lipinski definition) is 6. The number of fused-ring (bicyclic) bond motifs is 1. The number of carbonyl (C=O) groups is 1. The molecule has 2 aromatic heterocycles. The van der Waals surface area contributed by atoms with Crippen molar-refractivity contribution < 1.29 is 27.8 Å². The Morgan fingerprint density at radius 1 is 1.11 bits per heavy atom. The number of aliphatic hydroxyl groups is 1. The quantitative estimate of drug-likeness (QED) is 0.313. The first-order valence-electron chi connectivity index (χ1n) is 11.0. The highest BCUT2D eigenvalue weighted by molar-refractivity contribution is 8.00. The molecule has 4 aromatic rings. The molecule has 0 aliphatic heterocycles. The molecule has 2 atom stereocenters. The molecule has 2 N–H and O–H groups in total. The predicted molar refractivity (Wildman–Crippen MR) is 129 cm³/mol. The molecule has 36 heavy (non-hydrogen) atoms. The summed E-state index contributed by atoms with van der Waals surface area (Å²) in [7, 11) is 0. The van der Waals surface area contributed by atoms with Crippen LogP contribution in [0.4, 0.5) is 13.2 Å². The Morgan fingerprint density at radius 2 is 1.83 bits per heavy atom. The summed E-state index contributed by atoms with van der Waals surface area (Å²) in [5, 5.41) is 12.6. The van der Waals surface area contributed by atoms with Crippen LogP contribution in [0.3, 0.4) is 0 Å². The van der Waals surface area contributed by atoms with Gasteiger partial charge in [0.05, 0.1) is 24.4 Å². The second-order valence-corrected chi connectivity index (χ2v) is 9.24. The van der Waals surface area contributed by atoms with Crippen molar-refractivity contribution in [2.24, 2.45) is 0 Å². The van der Waals surface area contributed by atoms with Crippen LogP contribution >= 0.6 is 11.8 Å². The highest BCUT2D eigenvalue weighted by Gasteiger charge is 2.31. The van der Waals surface area contributed by atoms with Crippen molar-refractivity contribution in [3.8, 4) is 5.75 Å². The van der Waals surface area contributed by atoms with Gasteiger partial charge in [-0.25, -0.2) is 9.97 Å². The molecule has 0 aliphatic rings. The van der Waals surface area contributed by atoms with Gasteiger partial charge in [0, 0.05) is 6.20 Å². The van der Waals surface area contributed by atoms with Gasteiger partial charge in [0.1, 0.15) is 11.3 Å². The minimum atomic E-state index is -4.76. The van der Waals surface area contributed by atoms with Crippen LogP contribution in [0.2, 0.25) is 0 Å². The Bertz CT molecular complexity index is 1310. The Morgan fingerprint density at radius 3 is 2.50 bits per heavy atom. The van der Waals surface area contributed by atoms with Crippen LogP contribution < -0.4 is 10.1 Å². The first-order valence-corrected chi connectivity index (χ1v) is 11.9. The van der Waals surface area contributed by atoms with E-state index in [1.54, 1.807) is 25.3 Å². The summed E-state index contributed by atoms with van der Waals surface area (Å²) in [6.07, 6.45) is -3.14. The van der Waals surface area contributed by atoms with E-state index < -0.39 is 17.7 Å². The molecule has 11 heteroatoms. The summed E-state index contributed by atoms with van der Waals surface area (Å²) in [5.41, 5.74) is 2.71. The van der Waals surface area contributed by atoms with Gasteiger partial charge in [-0.15, -0.1) is 13.2 Å². The SMILES string of the molecule is CC(Sc1nc2cccnc2n1Cc1ccc(OC(F)(F)F)cc1)C(=O)NC(CO)c1ccccc1. The van der Waals surface area contributed by atoms with Crippen molar-refractivity contribution in [2.75, 3.05) is 6.61 Å². The maximum atomic E-state index is 12.9. The van der Waals surface area contributed by atoms with Gasteiger partial charge in [0.25, 0.3) is 0 Å². The van der Waals surface area contributed by atoms with Crippen LogP contribution in [0.5, 0.6) is 5.75 Å². The molecule has 0 spiro atoms. The topological polar surface area (TPSA) is 89.3 Å². The van der Waals surface area contributed by atoms with Gasteiger partial charge in [0.2, 0.25) is 5.91 Å². The van der Waals surface area contributed by atoms with E-state index >= 15 is 0 Å². The molecule has 2 aromatic carbocycles. The van der Waals surface area contributed by atoms with Crippen molar-refractivity contribution in [1.29, 1.82) is 0 Å². The maximum Gasteiger partial charge on any atom is 0.573 e. The Balaban J connectivity index is 1.52. The highest BCUT2D eigenvalue weighted by Crippen LogP contribution is 2.29. The molecule has 2 heterocycles. The number of thioether (sulfide) groups is 1. The van der Waals surface area contributed by atoms with Crippen molar-refractivity contribution in [1.82, 2.24) is 19.9 Å². The number of aliphatic hydroxyl groups excluding tert-OH is 1. The van der Waals surface area contributed by atoms with Gasteiger partial charge in [-0.3, -0.25) is 9.36 Å². The second kappa shape index (κ2) is 11.0. The van der Waals surface area contributed by atoms with Gasteiger partial charge in [-0.2, -0.15) is 0 Å². The van der Waals surface area contributed by atoms with E-state index in [-0.39, 0.29) is 24.8 Å². The van der Waals surface area contributed by atoms with Crippen molar-refractivity contribution >= 4 is 28.8 Å². The number of nitrogens with zero attached hydrogens (tertiary/aromatic N) is 3. The van der Waals surface area contributed by atoms with E-state index in [0.717, 1.165) is 5.56 Å². The van der Waals surface area contributed by atoms with Gasteiger partial charge in [0.15, 0.2) is 10.8 Å². The van der Waals surface area contributed by atoms with Crippen LogP contribution in [0.15, 0.2) is 78.1 Å². The number of benzene rings is 2. The first-order chi connectivity index (χ1) is 17.2. The molecule has 7 nitrogen and oxygen atoms in total. The Hall–Kier alpha value is -3.57. The predicted octanol–water partition coefficient (Wildman–Crippen LogP) is 4.71. The lowest BCUT2D eigenvalue weighted by atomic mass is 10.1. The van der Waals surface area contributed by atoms with Crippen molar-refractivity contribution in [3.05, 3.63) is 84.1 Å². The van der Waals surface area contributed by atoms with Crippen molar-refractivity contribution in [3.63, 3.8) is 0 Å². The maximum absolute atomic E-state index is 12.9. The van der Waals surface area contributed by atoms with Crippen LogP contribution in [0.1, 0.15) is 24.1 Å². The average molecular weight is 517 g/mol. The fourth-order valence-corrected chi connectivity index (χ4v) is 4.49. The van der Waals surface area contributed by atoms with E-state index in [1.807, 2.05) is 34.9 Å². The number of nitrogens with one attached hydrogen (secondary N) is 1. The average Bonchev–Trinajstić information content (AvgIpc) is 3.19. The summed E-state index contributed by atoms with van der Waals surface area (Å²) in [6.45, 7) is 1.77. The zero-order valence-corrected chi connectivity index (χ0v) is 20.0. The summed E-state index contributed by atoms with van der Waals surface area (Å²) < 4.78 is 43.2. The summed E-state index contributed by atoms with van der Waals surface area (Å²) in [4.78, 5) is 21.9. The number of carbonyl (C=O) groups excluding carboxylic acids is 1. The molecular formula is C25H23F3N4O3S. The Labute approximate surface area is 209 Å². The highest BCUT2D eigenvalue weighted by atomic mass is 32.2. The van der Waals surface area contributed by atoms with Crippen molar-refractivity contribution in [2.45, 2.75) is 36.3 Å². The van der Waals surface area contributed by atoms with E-state index in [0.29, 0.717) is 21.9 Å². The number of halogens is 3. The number of alkyl halides is 3. The zero-order chi connectivity index (χ0) is 25.7. The molecular weight excluding hydrogens is 493 g/mol. The van der Waals surface area contributed by atoms with Crippen LogP contribution in [-0.2, 0) is 11.3 Å². The lowest BCUT2D eigenvalue weighted by molar-refractivity contribution is -0.274. The monoisotopic (exact) mass is 516 g/mol. The number of pyridine rings is 1. The third-order valence-electron chi connectivity index (χ3n) is 5.32. The molecule has 0 radical (unpaired) electrons. The largest absolute Gasteiger partial charge is 0.573 e. The summed E-state index contributed by atoms with van der Waals surface area (Å²) in [5.74, 6) is -0.584. The van der Waals surface area contributed by atoms with Crippen LogP contribution in [-0.4, -0.2) is 43.8 Å². The molecule has 0 fully saturated rings. The molecule has 1 amide bonds. The lowest BCUT2D eigenvalue weighted by Gasteiger charge is -2.19. The molecule has 0 saturated carbocycles. The van der Waals surface area contributed by atoms with E-state index in [9.17, 15) is 23.1 Å². The second-order valence-electron chi connectivity index (χ2n) is 7.93. The van der Waals surface area contributed by atoms with Crippen LogP contribution in [0.25, 0.3) is 11.2 Å². The van der Waals surface area contributed by atoms with Gasteiger partial charge in [-0.1, -0.05) is 54.2 Å². The molecule has 2 unspecified atom stereocenters. The van der Waals surface area contributed by atoms with Crippen LogP contribution in [0, 0.1) is 0 Å². The first kappa shape index (κ1) is 25.5. The molecule has 0 saturated heterocycles. The Kier molecular flexibility index (Phi) is 7.80. The number of ether oxygens (including phenoxy) is 1. The number of imidazole rings is 1. The minimum Gasteiger partial charge on any atom is -0.406 e. The summed E-state index contributed by atoms with van der Waals surface area (Å²) >= 11 is 1.23. The van der Waals surface area contributed by atoms with Gasteiger partial charge >= 0.3 is 6.36 Å². The number of amides is 1. The third kappa shape index (κ3) is 6.35. The molecule has 0 bridgehead atoms. The van der Waals surface area contributed by atoms with Gasteiger partial charge in [-0.05, 0) is 42.3 Å². The molecule has 4 rings (SSSR count). The number of aromatic nitrogens is 3.